The molecule has 0 bridgehead atoms. The van der Waals surface area contributed by atoms with Gasteiger partial charge in [0.1, 0.15) is 0 Å². The number of nitrogens with zero attached hydrogens (tertiary/aromatic N) is 3. The highest BCUT2D eigenvalue weighted by atomic mass is 16.5. The fourth-order valence-electron chi connectivity index (χ4n) is 2.54. The van der Waals surface area contributed by atoms with Crippen LogP contribution >= 0.6 is 0 Å². The molecular weight excluding hydrogens is 254 g/mol. The minimum atomic E-state index is 0.116. The lowest BCUT2D eigenvalue weighted by Gasteiger charge is -2.19. The van der Waals surface area contributed by atoms with E-state index in [1.165, 1.54) is 0 Å². The highest BCUT2D eigenvalue weighted by Gasteiger charge is 2.20. The van der Waals surface area contributed by atoms with Crippen molar-refractivity contribution in [2.75, 3.05) is 13.2 Å². The van der Waals surface area contributed by atoms with E-state index in [1.807, 2.05) is 31.4 Å². The number of hydrogen-bond donors (Lipinski definition) is 0. The third-order valence-corrected chi connectivity index (χ3v) is 3.53. The molecule has 0 aliphatic carbocycles. The number of aryl methyl sites for hydroxylation is 1. The molecule has 1 atom stereocenters. The predicted molar refractivity (Wildman–Crippen MR) is 76.3 cm³/mol. The van der Waals surface area contributed by atoms with Crippen LogP contribution in [0.5, 0.6) is 5.88 Å². The number of imidazole rings is 1. The van der Waals surface area contributed by atoms with Gasteiger partial charge in [-0.05, 0) is 33.6 Å². The Morgan fingerprint density at radius 3 is 2.90 bits per heavy atom. The first-order valence-electron chi connectivity index (χ1n) is 7.24. The summed E-state index contributed by atoms with van der Waals surface area (Å²) in [4.78, 5) is 9.16. The lowest BCUT2D eigenvalue weighted by molar-refractivity contribution is 0.0794. The summed E-state index contributed by atoms with van der Waals surface area (Å²) in [6, 6.07) is 0. The van der Waals surface area contributed by atoms with Gasteiger partial charge in [0.25, 0.3) is 0 Å². The van der Waals surface area contributed by atoms with E-state index in [0.29, 0.717) is 17.6 Å². The molecule has 3 rings (SSSR count). The second-order valence-corrected chi connectivity index (χ2v) is 5.68. The summed E-state index contributed by atoms with van der Waals surface area (Å²) in [5, 5.41) is 0. The summed E-state index contributed by atoms with van der Waals surface area (Å²) in [7, 11) is 0. The van der Waals surface area contributed by atoms with Gasteiger partial charge in [0.2, 0.25) is 11.7 Å². The number of ether oxygens (including phenoxy) is 2. The van der Waals surface area contributed by atoms with Gasteiger partial charge >= 0.3 is 0 Å². The molecule has 1 unspecified atom stereocenters. The Morgan fingerprint density at radius 1 is 1.35 bits per heavy atom. The van der Waals surface area contributed by atoms with Crippen molar-refractivity contribution in [3.8, 4) is 5.88 Å². The van der Waals surface area contributed by atoms with Crippen molar-refractivity contribution >= 4 is 5.78 Å². The van der Waals surface area contributed by atoms with Crippen molar-refractivity contribution in [1.82, 2.24) is 14.4 Å². The second-order valence-electron chi connectivity index (χ2n) is 5.68. The van der Waals surface area contributed by atoms with Crippen LogP contribution in [0.4, 0.5) is 0 Å². The topological polar surface area (TPSA) is 48.7 Å². The summed E-state index contributed by atoms with van der Waals surface area (Å²) in [6.07, 6.45) is 6.45. The molecule has 0 radical (unpaired) electrons. The molecule has 0 saturated carbocycles. The number of hydrogen-bond acceptors (Lipinski definition) is 4. The molecule has 0 spiro atoms. The summed E-state index contributed by atoms with van der Waals surface area (Å²) in [5.74, 6) is 1.76. The molecule has 108 valence electrons. The maximum Gasteiger partial charge on any atom is 0.237 e. The average molecular weight is 275 g/mol. The summed E-state index contributed by atoms with van der Waals surface area (Å²) in [6.45, 7) is 7.64. The lowest BCUT2D eigenvalue weighted by atomic mass is 9.99. The predicted octanol–water partition coefficient (Wildman–Crippen LogP) is 2.72. The van der Waals surface area contributed by atoms with Gasteiger partial charge in [0.15, 0.2) is 0 Å². The van der Waals surface area contributed by atoms with E-state index in [4.69, 9.17) is 9.47 Å². The third-order valence-electron chi connectivity index (χ3n) is 3.53. The molecule has 5 heteroatoms. The van der Waals surface area contributed by atoms with Crippen molar-refractivity contribution in [3.05, 3.63) is 23.7 Å². The minimum absolute atomic E-state index is 0.116. The van der Waals surface area contributed by atoms with Crippen LogP contribution in [-0.4, -0.2) is 33.7 Å². The van der Waals surface area contributed by atoms with E-state index in [9.17, 15) is 0 Å². The molecule has 0 aromatic carbocycles. The highest BCUT2D eigenvalue weighted by molar-refractivity contribution is 5.38. The van der Waals surface area contributed by atoms with Gasteiger partial charge in [-0.1, -0.05) is 0 Å². The van der Waals surface area contributed by atoms with Crippen LogP contribution in [0.3, 0.4) is 0 Å². The van der Waals surface area contributed by atoms with E-state index in [0.717, 1.165) is 37.3 Å². The largest absolute Gasteiger partial charge is 0.475 e. The third kappa shape index (κ3) is 2.63. The zero-order valence-electron chi connectivity index (χ0n) is 12.3. The normalized spacial score (nSPS) is 19.7. The van der Waals surface area contributed by atoms with Gasteiger partial charge in [0, 0.05) is 30.5 Å². The Hall–Kier alpha value is -1.62. The van der Waals surface area contributed by atoms with E-state index in [1.54, 1.807) is 0 Å². The molecular formula is C15H21N3O2. The van der Waals surface area contributed by atoms with Crippen LogP contribution in [-0.2, 0) is 4.74 Å². The first-order chi connectivity index (χ1) is 9.63. The van der Waals surface area contributed by atoms with Gasteiger partial charge in [-0.3, -0.25) is 4.40 Å². The fourth-order valence-corrected chi connectivity index (χ4v) is 2.54. The average Bonchev–Trinajstić information content (AvgIpc) is 2.82. The van der Waals surface area contributed by atoms with Crippen molar-refractivity contribution < 1.29 is 9.47 Å². The van der Waals surface area contributed by atoms with E-state index < -0.39 is 0 Å². The van der Waals surface area contributed by atoms with Crippen LogP contribution in [0.25, 0.3) is 5.78 Å². The van der Waals surface area contributed by atoms with Crippen LogP contribution in [0.15, 0.2) is 12.4 Å². The Bertz CT molecular complexity index is 600. The summed E-state index contributed by atoms with van der Waals surface area (Å²) < 4.78 is 13.2. The molecule has 20 heavy (non-hydrogen) atoms. The SMILES string of the molecule is Cc1cn2cc(C3CCCOC3)nc2nc1OC(C)C. The molecule has 5 nitrogen and oxygen atoms in total. The zero-order valence-corrected chi connectivity index (χ0v) is 12.3. The summed E-state index contributed by atoms with van der Waals surface area (Å²) >= 11 is 0. The van der Waals surface area contributed by atoms with Crippen molar-refractivity contribution in [2.24, 2.45) is 0 Å². The number of fused-ring (bicyclic) bond motifs is 1. The molecule has 0 N–H and O–H groups in total. The standard InChI is InChI=1S/C15H21N3O2/c1-10(2)20-14-11(3)7-18-8-13(16-15(18)17-14)12-5-4-6-19-9-12/h7-8,10,12H,4-6,9H2,1-3H3. The molecule has 1 fully saturated rings. The Morgan fingerprint density at radius 2 is 2.20 bits per heavy atom. The number of rotatable bonds is 3. The van der Waals surface area contributed by atoms with E-state index in [2.05, 4.69) is 16.2 Å². The zero-order chi connectivity index (χ0) is 14.1. The molecule has 2 aromatic heterocycles. The van der Waals surface area contributed by atoms with Crippen molar-refractivity contribution in [2.45, 2.75) is 45.6 Å². The second kappa shape index (κ2) is 5.40. The van der Waals surface area contributed by atoms with Crippen LogP contribution < -0.4 is 4.74 Å². The van der Waals surface area contributed by atoms with E-state index in [-0.39, 0.29) is 6.10 Å². The maximum absolute atomic E-state index is 5.72. The smallest absolute Gasteiger partial charge is 0.237 e. The monoisotopic (exact) mass is 275 g/mol. The highest BCUT2D eigenvalue weighted by Crippen LogP contribution is 2.25. The number of aromatic nitrogens is 3. The van der Waals surface area contributed by atoms with Crippen LogP contribution in [0.2, 0.25) is 0 Å². The Kier molecular flexibility index (Phi) is 3.61. The molecule has 0 amide bonds. The first-order valence-corrected chi connectivity index (χ1v) is 7.24. The lowest BCUT2D eigenvalue weighted by Crippen LogP contribution is -2.15. The first kappa shape index (κ1) is 13.4. The minimum Gasteiger partial charge on any atom is -0.475 e. The van der Waals surface area contributed by atoms with Crippen molar-refractivity contribution in [3.63, 3.8) is 0 Å². The summed E-state index contributed by atoms with van der Waals surface area (Å²) in [5.41, 5.74) is 2.09. The molecule has 3 heterocycles. The van der Waals surface area contributed by atoms with Gasteiger partial charge < -0.3 is 9.47 Å². The van der Waals surface area contributed by atoms with Gasteiger partial charge in [-0.15, -0.1) is 0 Å². The fraction of sp³-hybridized carbons (Fsp3) is 0.600. The van der Waals surface area contributed by atoms with Gasteiger partial charge in [-0.2, -0.15) is 4.98 Å². The quantitative estimate of drug-likeness (QED) is 0.864. The van der Waals surface area contributed by atoms with Gasteiger partial charge in [0.05, 0.1) is 18.4 Å². The van der Waals surface area contributed by atoms with Gasteiger partial charge in [-0.25, -0.2) is 4.98 Å². The molecule has 1 aliphatic rings. The molecule has 2 aromatic rings. The molecule has 1 saturated heterocycles. The maximum atomic E-state index is 5.72. The van der Waals surface area contributed by atoms with E-state index >= 15 is 0 Å². The Labute approximate surface area is 118 Å². The van der Waals surface area contributed by atoms with Crippen LogP contribution in [0, 0.1) is 6.92 Å². The molecule has 1 aliphatic heterocycles. The van der Waals surface area contributed by atoms with Crippen LogP contribution in [0.1, 0.15) is 43.9 Å². The Balaban J connectivity index is 1.93. The van der Waals surface area contributed by atoms with Crippen molar-refractivity contribution in [1.29, 1.82) is 0 Å².